The van der Waals surface area contributed by atoms with Gasteiger partial charge in [-0.2, -0.15) is 0 Å². The number of carbonyl (C=O) groups is 2. The van der Waals surface area contributed by atoms with Gasteiger partial charge in [-0.15, -0.1) is 12.4 Å². The van der Waals surface area contributed by atoms with E-state index in [1.165, 1.54) is 5.56 Å². The summed E-state index contributed by atoms with van der Waals surface area (Å²) >= 11 is 0. The van der Waals surface area contributed by atoms with Crippen LogP contribution in [0.5, 0.6) is 11.5 Å². The van der Waals surface area contributed by atoms with E-state index in [-0.39, 0.29) is 36.7 Å². The van der Waals surface area contributed by atoms with Gasteiger partial charge in [0.2, 0.25) is 11.8 Å². The van der Waals surface area contributed by atoms with Crippen molar-refractivity contribution in [1.82, 2.24) is 15.1 Å². The van der Waals surface area contributed by atoms with E-state index in [9.17, 15) is 14.7 Å². The first-order valence-electron chi connectivity index (χ1n) is 12.3. The second kappa shape index (κ2) is 12.9. The van der Waals surface area contributed by atoms with Gasteiger partial charge in [0.25, 0.3) is 0 Å². The third-order valence-corrected chi connectivity index (χ3v) is 6.82. The van der Waals surface area contributed by atoms with E-state index in [1.54, 1.807) is 4.90 Å². The molecule has 35 heavy (non-hydrogen) atoms. The lowest BCUT2D eigenvalue weighted by Gasteiger charge is -2.44. The predicted molar refractivity (Wildman–Crippen MR) is 138 cm³/mol. The lowest BCUT2D eigenvalue weighted by molar-refractivity contribution is -0.153. The number of nitrogens with zero attached hydrogens (tertiary/aromatic N) is 2. The molecule has 2 heterocycles. The molecule has 0 bridgehead atoms. The van der Waals surface area contributed by atoms with Crippen LogP contribution in [0.3, 0.4) is 0 Å². The highest BCUT2D eigenvalue weighted by Crippen LogP contribution is 2.29. The molecule has 0 radical (unpaired) electrons. The van der Waals surface area contributed by atoms with E-state index in [2.05, 4.69) is 29.3 Å². The summed E-state index contributed by atoms with van der Waals surface area (Å²) in [6.45, 7) is 4.91. The van der Waals surface area contributed by atoms with Crippen LogP contribution < -0.4 is 10.1 Å². The van der Waals surface area contributed by atoms with Crippen molar-refractivity contribution >= 4 is 24.2 Å². The fraction of sp³-hybridized carbons (Fsp3) is 0.481. The Labute approximate surface area is 213 Å². The summed E-state index contributed by atoms with van der Waals surface area (Å²) in [4.78, 5) is 29.8. The maximum atomic E-state index is 12.9. The lowest BCUT2D eigenvalue weighted by Crippen LogP contribution is -2.66. The summed E-state index contributed by atoms with van der Waals surface area (Å²) in [5.41, 5.74) is 1.22. The van der Waals surface area contributed by atoms with Crippen LogP contribution in [0.4, 0.5) is 0 Å². The Morgan fingerprint density at radius 1 is 1.00 bits per heavy atom. The van der Waals surface area contributed by atoms with E-state index in [0.29, 0.717) is 6.54 Å². The molecule has 2 aliphatic heterocycles. The first kappa shape index (κ1) is 27.0. The largest absolute Gasteiger partial charge is 0.457 e. The maximum absolute atomic E-state index is 12.9. The zero-order valence-corrected chi connectivity index (χ0v) is 21.1. The topological polar surface area (TPSA) is 82.1 Å². The van der Waals surface area contributed by atoms with Crippen molar-refractivity contribution < 1.29 is 19.4 Å². The number of hydrogen-bond acceptors (Lipinski definition) is 5. The maximum Gasteiger partial charge on any atom is 0.248 e. The minimum absolute atomic E-state index is 0. The Hall–Kier alpha value is -2.61. The first-order valence-corrected chi connectivity index (χ1v) is 12.3. The molecule has 2 atom stereocenters. The Bertz CT molecular complexity index is 949. The van der Waals surface area contributed by atoms with Gasteiger partial charge in [0.15, 0.2) is 0 Å². The Morgan fingerprint density at radius 2 is 1.66 bits per heavy atom. The van der Waals surface area contributed by atoms with Gasteiger partial charge in [-0.25, -0.2) is 0 Å². The van der Waals surface area contributed by atoms with E-state index in [4.69, 9.17) is 4.74 Å². The van der Waals surface area contributed by atoms with E-state index < -0.39 is 12.1 Å². The molecule has 0 spiro atoms. The molecular formula is C27H36ClN3O4. The molecule has 7 nitrogen and oxygen atoms in total. The third-order valence-electron chi connectivity index (χ3n) is 6.82. The molecule has 0 aliphatic carbocycles. The number of unbranched alkanes of at least 4 members (excludes halogenated alkanes) is 1. The molecule has 1 unspecified atom stereocenters. The number of amides is 2. The average molecular weight is 502 g/mol. The molecule has 2 fully saturated rings. The zero-order valence-electron chi connectivity index (χ0n) is 20.3. The van der Waals surface area contributed by atoms with Crippen molar-refractivity contribution in [2.24, 2.45) is 5.92 Å². The molecule has 8 heteroatoms. The van der Waals surface area contributed by atoms with E-state index in [0.717, 1.165) is 56.8 Å². The standard InChI is InChI=1S/C27H35N3O4.ClH/c1-2-3-15-30-25(26(32)28-24(19-31)27(30)33)21-13-16-29(17-14-21)18-20-9-11-23(12-10-20)34-22-7-5-4-6-8-22;/h4-12,21,24-25,31H,2-3,13-19H2,1H3,(H,28,32);1H/t24-,25?;/m0./s1. The van der Waals surface area contributed by atoms with Crippen LogP contribution in [0.25, 0.3) is 0 Å². The Balaban J connectivity index is 0.00000342. The summed E-state index contributed by atoms with van der Waals surface area (Å²) in [5, 5.41) is 12.2. The van der Waals surface area contributed by atoms with Crippen LogP contribution in [0.1, 0.15) is 38.2 Å². The van der Waals surface area contributed by atoms with Crippen molar-refractivity contribution in [3.8, 4) is 11.5 Å². The number of rotatable bonds is 9. The summed E-state index contributed by atoms with van der Waals surface area (Å²) < 4.78 is 5.88. The minimum atomic E-state index is -0.811. The number of piperidine rings is 1. The Kier molecular flexibility index (Phi) is 9.95. The van der Waals surface area contributed by atoms with Crippen molar-refractivity contribution in [2.75, 3.05) is 26.2 Å². The number of halogens is 1. The van der Waals surface area contributed by atoms with Crippen LogP contribution in [-0.2, 0) is 16.1 Å². The molecule has 2 aromatic carbocycles. The van der Waals surface area contributed by atoms with Crippen molar-refractivity contribution in [2.45, 2.75) is 51.2 Å². The zero-order chi connectivity index (χ0) is 23.9. The number of ether oxygens (including phenoxy) is 1. The molecule has 2 aromatic rings. The normalized spacial score (nSPS) is 21.4. The molecule has 190 valence electrons. The van der Waals surface area contributed by atoms with Gasteiger partial charge in [0.05, 0.1) is 6.61 Å². The van der Waals surface area contributed by atoms with Gasteiger partial charge in [-0.1, -0.05) is 43.7 Å². The number of likely N-dealkylation sites (tertiary alicyclic amines) is 1. The van der Waals surface area contributed by atoms with Crippen molar-refractivity contribution in [3.63, 3.8) is 0 Å². The molecule has 4 rings (SSSR count). The van der Waals surface area contributed by atoms with Crippen molar-refractivity contribution in [3.05, 3.63) is 60.2 Å². The van der Waals surface area contributed by atoms with Crippen LogP contribution in [-0.4, -0.2) is 65.0 Å². The van der Waals surface area contributed by atoms with Crippen LogP contribution in [0, 0.1) is 5.92 Å². The summed E-state index contributed by atoms with van der Waals surface area (Å²) in [7, 11) is 0. The number of benzene rings is 2. The molecule has 2 saturated heterocycles. The van der Waals surface area contributed by atoms with Crippen LogP contribution in [0.15, 0.2) is 54.6 Å². The quantitative estimate of drug-likeness (QED) is 0.548. The van der Waals surface area contributed by atoms with E-state index >= 15 is 0 Å². The smallest absolute Gasteiger partial charge is 0.248 e. The number of piperazine rings is 1. The van der Waals surface area contributed by atoms with Gasteiger partial charge in [0.1, 0.15) is 23.6 Å². The summed E-state index contributed by atoms with van der Waals surface area (Å²) in [6.07, 6.45) is 3.55. The number of carbonyl (C=O) groups excluding carboxylic acids is 2. The highest BCUT2D eigenvalue weighted by Gasteiger charge is 2.44. The molecular weight excluding hydrogens is 466 g/mol. The van der Waals surface area contributed by atoms with Crippen molar-refractivity contribution in [1.29, 1.82) is 0 Å². The third kappa shape index (κ3) is 6.75. The molecule has 0 saturated carbocycles. The molecule has 0 aromatic heterocycles. The number of hydrogen-bond donors (Lipinski definition) is 2. The summed E-state index contributed by atoms with van der Waals surface area (Å²) in [6, 6.07) is 16.7. The van der Waals surface area contributed by atoms with Gasteiger partial charge in [-0.05, 0) is 68.1 Å². The fourth-order valence-corrected chi connectivity index (χ4v) is 4.94. The monoisotopic (exact) mass is 501 g/mol. The second-order valence-corrected chi connectivity index (χ2v) is 9.25. The lowest BCUT2D eigenvalue weighted by atomic mass is 9.85. The highest BCUT2D eigenvalue weighted by atomic mass is 35.5. The van der Waals surface area contributed by atoms with Gasteiger partial charge in [0, 0.05) is 13.1 Å². The number of para-hydroxylation sites is 1. The average Bonchev–Trinajstić information content (AvgIpc) is 2.86. The van der Waals surface area contributed by atoms with E-state index in [1.807, 2.05) is 42.5 Å². The first-order chi connectivity index (χ1) is 16.6. The van der Waals surface area contributed by atoms with Gasteiger partial charge >= 0.3 is 0 Å². The van der Waals surface area contributed by atoms with Gasteiger partial charge < -0.3 is 20.1 Å². The predicted octanol–water partition coefficient (Wildman–Crippen LogP) is 3.60. The molecule has 2 amide bonds. The highest BCUT2D eigenvalue weighted by molar-refractivity contribution is 5.97. The number of aliphatic hydroxyl groups is 1. The Morgan fingerprint density at radius 3 is 2.29 bits per heavy atom. The van der Waals surface area contributed by atoms with Crippen LogP contribution >= 0.6 is 12.4 Å². The number of aliphatic hydroxyl groups excluding tert-OH is 1. The van der Waals surface area contributed by atoms with Crippen LogP contribution in [0.2, 0.25) is 0 Å². The second-order valence-electron chi connectivity index (χ2n) is 9.25. The SMILES string of the molecule is CCCCN1C(=O)[C@H](CO)NC(=O)C1C1CCN(Cc2ccc(Oc3ccccc3)cc2)CC1.Cl. The van der Waals surface area contributed by atoms with Gasteiger partial charge in [-0.3, -0.25) is 14.5 Å². The molecule has 2 aliphatic rings. The number of nitrogens with one attached hydrogen (secondary N) is 1. The minimum Gasteiger partial charge on any atom is -0.457 e. The summed E-state index contributed by atoms with van der Waals surface area (Å²) in [5.74, 6) is 1.50. The fourth-order valence-electron chi connectivity index (χ4n) is 4.94. The molecule has 2 N–H and O–H groups in total.